The number of nitrogens with zero attached hydrogens (tertiary/aromatic N) is 4. The number of anilines is 2. The smallest absolute Gasteiger partial charge is 0.294 e. The number of aryl methyl sites for hydroxylation is 1. The SMILES string of the molecule is Cc1cc(S(=O)(=O)O)cc2ccc3c(c12)C(C)(C)C(/C=C/C1CC/C(=C/C=C2\N(CCC(C)S(=O)(=O)O)c4ccc5cc(SOOO)ccc5c4C2(C)C)C1=[N+]1CCN(C(=O)C(C)C)CC1)N3CCC(C)SOOO. The zero-order valence-corrected chi connectivity index (χ0v) is 47.1. The Labute approximate surface area is 448 Å². The molecule has 0 bridgehead atoms. The standard InChI is InChI=1S/C54H68N4O13S4/c1-33(2)52(59)56-28-26-55(27-29-56)51-37(14-20-46-53(6,7)49-43-17-16-41(73-71-69-61)31-39(43)12-18-44(49)58(46)25-23-36(5)74(62,63)64)10-11-38(51)15-21-47-54(8,9)50-45(57(47)24-22-35(4)72-70-68-60)19-13-40-32-42(75(65,66)67)30-34(3)48(40)50/h12-21,30-33,35-36,38,47H,10-11,22-29H2,1-9H3,(H3-,60,61,62,63,64,65,66,67)/p+1/b21-15+. The summed E-state index contributed by atoms with van der Waals surface area (Å²) in [5.41, 5.74) is 7.09. The van der Waals surface area contributed by atoms with Crippen LogP contribution in [0.2, 0.25) is 0 Å². The van der Waals surface area contributed by atoms with Gasteiger partial charge >= 0.3 is 0 Å². The predicted octanol–water partition coefficient (Wildman–Crippen LogP) is 10.5. The Kier molecular flexibility index (Phi) is 17.1. The first kappa shape index (κ1) is 56.8. The summed E-state index contributed by atoms with van der Waals surface area (Å²) in [5.74, 6) is 0.0153. The maximum atomic E-state index is 13.3. The van der Waals surface area contributed by atoms with Crippen molar-refractivity contribution in [2.24, 2.45) is 11.8 Å². The summed E-state index contributed by atoms with van der Waals surface area (Å²) in [6.07, 6.45) is 11.5. The highest BCUT2D eigenvalue weighted by atomic mass is 32.2. The van der Waals surface area contributed by atoms with Crippen molar-refractivity contribution in [2.45, 2.75) is 125 Å². The number of carbonyl (C=O) groups excluding carboxylic acids is 1. The molecule has 1 amide bonds. The van der Waals surface area contributed by atoms with Gasteiger partial charge in [0.25, 0.3) is 20.2 Å². The van der Waals surface area contributed by atoms with E-state index in [-0.39, 0.29) is 40.4 Å². The van der Waals surface area contributed by atoms with E-state index < -0.39 is 36.3 Å². The minimum atomic E-state index is -4.45. The largest absolute Gasteiger partial charge is 0.364 e. The summed E-state index contributed by atoms with van der Waals surface area (Å²) in [7, 11) is -8.74. The van der Waals surface area contributed by atoms with E-state index in [2.05, 4.69) is 76.5 Å². The first-order chi connectivity index (χ1) is 35.4. The lowest BCUT2D eigenvalue weighted by Gasteiger charge is -2.33. The van der Waals surface area contributed by atoms with E-state index in [1.807, 2.05) is 75.1 Å². The molecule has 4 aliphatic rings. The number of benzene rings is 4. The molecule has 4 atom stereocenters. The van der Waals surface area contributed by atoms with Crippen LogP contribution >= 0.6 is 24.1 Å². The first-order valence-corrected chi connectivity index (χ1v) is 29.8. The van der Waals surface area contributed by atoms with Gasteiger partial charge in [-0.15, -0.1) is 8.67 Å². The van der Waals surface area contributed by atoms with Gasteiger partial charge in [-0.1, -0.05) is 95.0 Å². The molecule has 75 heavy (non-hydrogen) atoms. The van der Waals surface area contributed by atoms with Crippen molar-refractivity contribution in [1.82, 2.24) is 4.90 Å². The molecule has 1 saturated carbocycles. The number of piperazine rings is 1. The Hall–Kier alpha value is -4.36. The van der Waals surface area contributed by atoms with Gasteiger partial charge in [-0.2, -0.15) is 16.8 Å². The van der Waals surface area contributed by atoms with Crippen LogP contribution in [0.1, 0.15) is 97.8 Å². The van der Waals surface area contributed by atoms with Crippen molar-refractivity contribution in [2.75, 3.05) is 49.1 Å². The van der Waals surface area contributed by atoms with Crippen LogP contribution in [0, 0.1) is 18.8 Å². The molecule has 4 N–H and O–H groups in total. The third-order valence-corrected chi connectivity index (χ3v) is 19.0. The molecule has 4 aromatic carbocycles. The van der Waals surface area contributed by atoms with Gasteiger partial charge in [0.1, 0.15) is 0 Å². The van der Waals surface area contributed by atoms with Crippen LogP contribution in [0.5, 0.6) is 0 Å². The lowest BCUT2D eigenvalue weighted by molar-refractivity contribution is -0.539. The Balaban J connectivity index is 1.21. The molecule has 8 rings (SSSR count). The second-order valence-electron chi connectivity index (χ2n) is 21.6. The van der Waals surface area contributed by atoms with E-state index in [0.29, 0.717) is 51.1 Å². The molecule has 3 heterocycles. The predicted molar refractivity (Wildman–Crippen MR) is 294 cm³/mol. The molecule has 0 radical (unpaired) electrons. The summed E-state index contributed by atoms with van der Waals surface area (Å²) in [6.45, 7) is 21.4. The highest BCUT2D eigenvalue weighted by Gasteiger charge is 2.46. The average molecular weight is 1110 g/mol. The zero-order chi connectivity index (χ0) is 54.4. The molecule has 4 aromatic rings. The zero-order valence-electron chi connectivity index (χ0n) is 43.8. The minimum absolute atomic E-state index is 0.000431. The van der Waals surface area contributed by atoms with Gasteiger partial charge in [0, 0.05) is 74.7 Å². The van der Waals surface area contributed by atoms with Crippen LogP contribution in [-0.4, -0.2) is 113 Å². The number of hydrogen-bond acceptors (Lipinski definition) is 15. The Morgan fingerprint density at radius 1 is 0.840 bits per heavy atom. The fourth-order valence-corrected chi connectivity index (χ4v) is 13.6. The summed E-state index contributed by atoms with van der Waals surface area (Å²) in [5, 5.41) is 28.0. The van der Waals surface area contributed by atoms with Crippen LogP contribution in [0.3, 0.4) is 0 Å². The molecule has 1 aliphatic carbocycles. The summed E-state index contributed by atoms with van der Waals surface area (Å²) in [6, 6.07) is 16.7. The summed E-state index contributed by atoms with van der Waals surface area (Å²) in [4.78, 5) is 20.3. The van der Waals surface area contributed by atoms with Crippen molar-refractivity contribution in [3.8, 4) is 0 Å². The molecule has 1 saturated heterocycles. The molecule has 17 nitrogen and oxygen atoms in total. The van der Waals surface area contributed by atoms with Crippen LogP contribution in [0.4, 0.5) is 11.4 Å². The van der Waals surface area contributed by atoms with Crippen LogP contribution in [-0.2, 0) is 54.6 Å². The Morgan fingerprint density at radius 2 is 1.53 bits per heavy atom. The molecular formula is C54H69N4O13S4+. The van der Waals surface area contributed by atoms with Gasteiger partial charge in [-0.05, 0) is 120 Å². The Morgan fingerprint density at radius 3 is 2.20 bits per heavy atom. The molecule has 406 valence electrons. The average Bonchev–Trinajstić information content (AvgIpc) is 3.95. The number of carbonyl (C=O) groups is 1. The fraction of sp³-hybridized carbons (Fsp3) is 0.481. The van der Waals surface area contributed by atoms with Crippen molar-refractivity contribution in [3.63, 3.8) is 0 Å². The summed E-state index contributed by atoms with van der Waals surface area (Å²) >= 11 is 1.91. The summed E-state index contributed by atoms with van der Waals surface area (Å²) < 4.78 is 81.4. The molecule has 21 heteroatoms. The Bertz CT molecular complexity index is 3200. The van der Waals surface area contributed by atoms with E-state index >= 15 is 0 Å². The highest BCUT2D eigenvalue weighted by molar-refractivity contribution is 7.95. The third kappa shape index (κ3) is 11.6. The first-order valence-electron chi connectivity index (χ1n) is 25.3. The molecule has 3 aliphatic heterocycles. The van der Waals surface area contributed by atoms with Gasteiger partial charge in [0.15, 0.2) is 18.8 Å². The van der Waals surface area contributed by atoms with E-state index in [1.165, 1.54) is 24.8 Å². The number of hydrogen-bond donors (Lipinski definition) is 4. The van der Waals surface area contributed by atoms with Gasteiger partial charge in [0.05, 0.1) is 47.2 Å². The number of rotatable bonds is 18. The second kappa shape index (κ2) is 22.5. The van der Waals surface area contributed by atoms with Crippen LogP contribution in [0.25, 0.3) is 21.5 Å². The monoisotopic (exact) mass is 1110 g/mol. The molecule has 4 unspecified atom stereocenters. The maximum Gasteiger partial charge on any atom is 0.294 e. The van der Waals surface area contributed by atoms with E-state index in [4.69, 9.17) is 19.2 Å². The van der Waals surface area contributed by atoms with Crippen LogP contribution in [0.15, 0.2) is 100.0 Å². The van der Waals surface area contributed by atoms with E-state index in [9.17, 15) is 30.7 Å². The van der Waals surface area contributed by atoms with Crippen molar-refractivity contribution < 1.29 is 64.6 Å². The van der Waals surface area contributed by atoms with E-state index in [0.717, 1.165) is 97.3 Å². The molecular weight excluding hydrogens is 1040 g/mol. The molecule has 0 spiro atoms. The quantitative estimate of drug-likeness (QED) is 0.0182. The van der Waals surface area contributed by atoms with Crippen molar-refractivity contribution in [1.29, 1.82) is 0 Å². The maximum absolute atomic E-state index is 13.3. The number of fused-ring (bicyclic) bond motifs is 6. The number of amides is 1. The van der Waals surface area contributed by atoms with Crippen molar-refractivity contribution in [3.05, 3.63) is 107 Å². The van der Waals surface area contributed by atoms with E-state index in [1.54, 1.807) is 0 Å². The van der Waals surface area contributed by atoms with Crippen LogP contribution < -0.4 is 9.80 Å². The van der Waals surface area contributed by atoms with Gasteiger partial charge in [-0.3, -0.25) is 13.9 Å². The van der Waals surface area contributed by atoms with Crippen molar-refractivity contribution >= 4 is 88.9 Å². The molecule has 0 aromatic heterocycles. The van der Waals surface area contributed by atoms with Gasteiger partial charge < -0.3 is 14.7 Å². The fourth-order valence-electron chi connectivity index (χ4n) is 11.9. The minimum Gasteiger partial charge on any atom is -0.364 e. The van der Waals surface area contributed by atoms with Gasteiger partial charge in [0.2, 0.25) is 5.91 Å². The topological polar surface area (TPSA) is 216 Å². The second-order valence-corrected chi connectivity index (χ2v) is 26.7. The normalized spacial score (nSPS) is 21.7. The number of allylic oxidation sites excluding steroid dienone is 5. The molecule has 2 fully saturated rings. The lowest BCUT2D eigenvalue weighted by Crippen LogP contribution is -2.48. The lowest BCUT2D eigenvalue weighted by atomic mass is 9.77. The van der Waals surface area contributed by atoms with Gasteiger partial charge in [-0.25, -0.2) is 15.1 Å². The highest BCUT2D eigenvalue weighted by Crippen LogP contribution is 2.53. The third-order valence-electron chi connectivity index (χ3n) is 15.6.